The van der Waals surface area contributed by atoms with Gasteiger partial charge in [-0.2, -0.15) is 0 Å². The molecule has 0 aromatic heterocycles. The highest BCUT2D eigenvalue weighted by Crippen LogP contribution is 2.20. The lowest BCUT2D eigenvalue weighted by molar-refractivity contribution is -0.143. The fourth-order valence-electron chi connectivity index (χ4n) is 3.95. The van der Waals surface area contributed by atoms with E-state index in [-0.39, 0.29) is 12.5 Å². The van der Waals surface area contributed by atoms with Crippen LogP contribution in [0.5, 0.6) is 0 Å². The van der Waals surface area contributed by atoms with Crippen molar-refractivity contribution in [2.24, 2.45) is 5.92 Å². The van der Waals surface area contributed by atoms with E-state index >= 15 is 0 Å². The van der Waals surface area contributed by atoms with Crippen molar-refractivity contribution in [3.8, 4) is 11.1 Å². The number of carboxylic acids is 1. The number of hydrogen-bond acceptors (Lipinski definition) is 4. The molecule has 1 saturated heterocycles. The molecule has 3 aromatic carbocycles. The first-order chi connectivity index (χ1) is 16.0. The quantitative estimate of drug-likeness (QED) is 0.455. The van der Waals surface area contributed by atoms with Crippen molar-refractivity contribution >= 4 is 11.7 Å². The van der Waals surface area contributed by atoms with E-state index in [4.69, 9.17) is 15.6 Å². The number of benzene rings is 3. The number of likely N-dealkylation sites (tertiary alicyclic amines) is 1. The van der Waals surface area contributed by atoms with Crippen molar-refractivity contribution in [1.82, 2.24) is 4.90 Å². The fourth-order valence-corrected chi connectivity index (χ4v) is 3.95. The van der Waals surface area contributed by atoms with Crippen molar-refractivity contribution in [3.63, 3.8) is 0 Å². The molecule has 5 heteroatoms. The Morgan fingerprint density at radius 1 is 0.939 bits per heavy atom. The number of carbonyl (C=O) groups is 1. The first-order valence-corrected chi connectivity index (χ1v) is 11.3. The number of nitrogens with one attached hydrogen (secondary N) is 1. The van der Waals surface area contributed by atoms with Crippen molar-refractivity contribution in [3.05, 3.63) is 95.6 Å². The molecule has 1 unspecified atom stereocenters. The summed E-state index contributed by atoms with van der Waals surface area (Å²) in [6.45, 7) is 4.28. The number of piperidine rings is 1. The molecular weight excluding hydrogens is 412 g/mol. The van der Waals surface area contributed by atoms with Crippen LogP contribution in [0.1, 0.15) is 36.5 Å². The van der Waals surface area contributed by atoms with Gasteiger partial charge in [-0.25, -0.2) is 0 Å². The van der Waals surface area contributed by atoms with Gasteiger partial charge < -0.3 is 15.6 Å². The number of hydrogen-bond donors (Lipinski definition) is 3. The maximum absolute atomic E-state index is 11.0. The number of aliphatic carboxylic acids is 1. The first kappa shape index (κ1) is 24.4. The molecule has 1 heterocycles. The third-order valence-corrected chi connectivity index (χ3v) is 5.89. The standard InChI is InChI=1S/C15H20N2O2.C13H12O/c1-11(16)13-6-4-12(5-7-13)9-17-8-2-3-14(10-17)15(18)19;14-10-11-6-8-13(9-7-11)12-4-2-1-3-5-12/h4-7,14,16H,2-3,8-10H2,1H3,(H,18,19);1-9,14H,10H2. The van der Waals surface area contributed by atoms with E-state index in [2.05, 4.69) is 17.0 Å². The number of rotatable bonds is 6. The normalized spacial score (nSPS) is 15.9. The van der Waals surface area contributed by atoms with E-state index in [0.29, 0.717) is 12.3 Å². The molecule has 33 heavy (non-hydrogen) atoms. The molecule has 0 bridgehead atoms. The molecular formula is C28H32N2O3. The molecule has 0 radical (unpaired) electrons. The van der Waals surface area contributed by atoms with E-state index in [9.17, 15) is 4.79 Å². The summed E-state index contributed by atoms with van der Waals surface area (Å²) in [5.41, 5.74) is 6.02. The molecule has 1 aliphatic rings. The summed E-state index contributed by atoms with van der Waals surface area (Å²) in [7, 11) is 0. The van der Waals surface area contributed by atoms with Crippen LogP contribution in [0.2, 0.25) is 0 Å². The lowest BCUT2D eigenvalue weighted by atomic mass is 9.97. The number of aliphatic hydroxyl groups is 1. The zero-order valence-corrected chi connectivity index (χ0v) is 19.1. The molecule has 1 fully saturated rings. The van der Waals surface area contributed by atoms with Crippen molar-refractivity contribution < 1.29 is 15.0 Å². The van der Waals surface area contributed by atoms with Crippen LogP contribution in [0.4, 0.5) is 0 Å². The molecule has 4 rings (SSSR count). The van der Waals surface area contributed by atoms with E-state index in [1.54, 1.807) is 6.92 Å². The van der Waals surface area contributed by atoms with Crippen molar-refractivity contribution in [2.75, 3.05) is 13.1 Å². The minimum atomic E-state index is -0.681. The van der Waals surface area contributed by atoms with E-state index < -0.39 is 5.97 Å². The summed E-state index contributed by atoms with van der Waals surface area (Å²) in [6.07, 6.45) is 1.74. The zero-order valence-electron chi connectivity index (χ0n) is 19.1. The van der Waals surface area contributed by atoms with Gasteiger partial charge in [0.15, 0.2) is 0 Å². The van der Waals surface area contributed by atoms with Crippen LogP contribution >= 0.6 is 0 Å². The topological polar surface area (TPSA) is 84.6 Å². The smallest absolute Gasteiger partial charge is 0.307 e. The van der Waals surface area contributed by atoms with Gasteiger partial charge in [-0.3, -0.25) is 9.69 Å². The SMILES string of the molecule is CC(=N)c1ccc(CN2CCCC(C(=O)O)C2)cc1.OCc1ccc(-c2ccccc2)cc1. The Balaban J connectivity index is 0.000000194. The van der Waals surface area contributed by atoms with Crippen LogP contribution in [-0.2, 0) is 17.9 Å². The third kappa shape index (κ3) is 7.38. The van der Waals surface area contributed by atoms with Gasteiger partial charge in [0.1, 0.15) is 0 Å². The van der Waals surface area contributed by atoms with Crippen LogP contribution in [0.15, 0.2) is 78.9 Å². The molecule has 172 valence electrons. The summed E-state index contributed by atoms with van der Waals surface area (Å²) in [5, 5.41) is 25.5. The summed E-state index contributed by atoms with van der Waals surface area (Å²) in [6, 6.07) is 26.1. The lowest BCUT2D eigenvalue weighted by Crippen LogP contribution is -2.38. The first-order valence-electron chi connectivity index (χ1n) is 11.3. The van der Waals surface area contributed by atoms with Gasteiger partial charge in [-0.15, -0.1) is 0 Å². The van der Waals surface area contributed by atoms with Gasteiger partial charge in [-0.05, 0) is 54.1 Å². The highest BCUT2D eigenvalue weighted by atomic mass is 16.4. The van der Waals surface area contributed by atoms with Crippen LogP contribution < -0.4 is 0 Å². The Bertz CT molecular complexity index is 1030. The Labute approximate surface area is 195 Å². The molecule has 5 nitrogen and oxygen atoms in total. The van der Waals surface area contributed by atoms with Gasteiger partial charge in [0, 0.05) is 18.8 Å². The predicted octanol–water partition coefficient (Wildman–Crippen LogP) is 5.22. The molecule has 0 amide bonds. The highest BCUT2D eigenvalue weighted by Gasteiger charge is 2.25. The number of nitrogens with zero attached hydrogens (tertiary/aromatic N) is 1. The predicted molar refractivity (Wildman–Crippen MR) is 132 cm³/mol. The molecule has 1 atom stereocenters. The van der Waals surface area contributed by atoms with Crippen LogP contribution in [0.3, 0.4) is 0 Å². The van der Waals surface area contributed by atoms with Crippen LogP contribution in [0, 0.1) is 11.3 Å². The minimum Gasteiger partial charge on any atom is -0.481 e. The second-order valence-electron chi connectivity index (χ2n) is 8.46. The van der Waals surface area contributed by atoms with Crippen molar-refractivity contribution in [1.29, 1.82) is 5.41 Å². The van der Waals surface area contributed by atoms with Gasteiger partial charge in [0.05, 0.1) is 12.5 Å². The summed E-state index contributed by atoms with van der Waals surface area (Å²) >= 11 is 0. The second-order valence-corrected chi connectivity index (χ2v) is 8.46. The number of aliphatic hydroxyl groups excluding tert-OH is 1. The van der Waals surface area contributed by atoms with Gasteiger partial charge in [0.25, 0.3) is 0 Å². The third-order valence-electron chi connectivity index (χ3n) is 5.89. The molecule has 0 spiro atoms. The molecule has 0 saturated carbocycles. The fraction of sp³-hybridized carbons (Fsp3) is 0.286. The summed E-state index contributed by atoms with van der Waals surface area (Å²) in [4.78, 5) is 13.2. The Kier molecular flexibility index (Phi) is 8.93. The average Bonchev–Trinajstić information content (AvgIpc) is 2.85. The second kappa shape index (κ2) is 12.1. The minimum absolute atomic E-state index is 0.106. The van der Waals surface area contributed by atoms with E-state index in [1.807, 2.05) is 66.7 Å². The van der Waals surface area contributed by atoms with E-state index in [0.717, 1.165) is 37.1 Å². The molecule has 3 N–H and O–H groups in total. The zero-order chi connectivity index (χ0) is 23.6. The average molecular weight is 445 g/mol. The maximum Gasteiger partial charge on any atom is 0.307 e. The molecule has 1 aliphatic heterocycles. The molecule has 3 aromatic rings. The van der Waals surface area contributed by atoms with Gasteiger partial charge in [0.2, 0.25) is 0 Å². The van der Waals surface area contributed by atoms with Crippen molar-refractivity contribution in [2.45, 2.75) is 32.9 Å². The lowest BCUT2D eigenvalue weighted by Gasteiger charge is -2.30. The Morgan fingerprint density at radius 3 is 2.12 bits per heavy atom. The van der Waals surface area contributed by atoms with Gasteiger partial charge in [-0.1, -0.05) is 78.9 Å². The highest BCUT2D eigenvalue weighted by molar-refractivity contribution is 5.96. The Hall–Kier alpha value is -3.28. The summed E-state index contributed by atoms with van der Waals surface area (Å²) < 4.78 is 0. The van der Waals surface area contributed by atoms with E-state index in [1.165, 1.54) is 16.7 Å². The van der Waals surface area contributed by atoms with Crippen LogP contribution in [-0.4, -0.2) is 39.9 Å². The van der Waals surface area contributed by atoms with Crippen LogP contribution in [0.25, 0.3) is 11.1 Å². The maximum atomic E-state index is 11.0. The Morgan fingerprint density at radius 2 is 1.55 bits per heavy atom. The number of carboxylic acid groups (broad SMARTS) is 1. The molecule has 0 aliphatic carbocycles. The summed E-state index contributed by atoms with van der Waals surface area (Å²) in [5.74, 6) is -0.906. The van der Waals surface area contributed by atoms with Gasteiger partial charge >= 0.3 is 5.97 Å². The monoisotopic (exact) mass is 444 g/mol. The largest absolute Gasteiger partial charge is 0.481 e.